The van der Waals surface area contributed by atoms with Gasteiger partial charge in [0.15, 0.2) is 0 Å². The first kappa shape index (κ1) is 25.6. The molecular formula is C15H27F7O3Si. The van der Waals surface area contributed by atoms with Gasteiger partial charge in [-0.1, -0.05) is 32.1 Å². The molecule has 0 fully saturated rings. The molecule has 0 aromatic carbocycles. The van der Waals surface area contributed by atoms with E-state index in [-0.39, 0.29) is 12.8 Å². The number of unbranched alkanes of at least 4 members (excludes halogenated alkanes) is 6. The molecule has 0 radical (unpaired) electrons. The molecule has 11 heteroatoms. The molecule has 0 rings (SSSR count). The molecule has 0 heterocycles. The third kappa shape index (κ3) is 7.32. The average Bonchev–Trinajstić information content (AvgIpc) is 2.56. The summed E-state index contributed by atoms with van der Waals surface area (Å²) in [5.74, 6) is -11.1. The van der Waals surface area contributed by atoms with Crippen LogP contribution in [0.5, 0.6) is 0 Å². The van der Waals surface area contributed by atoms with Crippen molar-refractivity contribution in [3.63, 3.8) is 0 Å². The fourth-order valence-corrected chi connectivity index (χ4v) is 4.29. The van der Waals surface area contributed by atoms with E-state index in [1.165, 1.54) is 21.3 Å². The highest BCUT2D eigenvalue weighted by Gasteiger charge is 2.72. The quantitative estimate of drug-likeness (QED) is 0.203. The molecule has 0 aromatic heterocycles. The number of hydrogen-bond donors (Lipinski definition) is 0. The lowest BCUT2D eigenvalue weighted by Crippen LogP contribution is -2.51. The van der Waals surface area contributed by atoms with Gasteiger partial charge in [-0.25, -0.2) is 0 Å². The van der Waals surface area contributed by atoms with Gasteiger partial charge in [0, 0.05) is 33.8 Å². The second-order valence-corrected chi connectivity index (χ2v) is 9.14. The van der Waals surface area contributed by atoms with Crippen molar-refractivity contribution in [3.8, 4) is 0 Å². The van der Waals surface area contributed by atoms with Gasteiger partial charge in [-0.3, -0.25) is 0 Å². The van der Waals surface area contributed by atoms with Gasteiger partial charge in [0.2, 0.25) is 0 Å². The predicted molar refractivity (Wildman–Crippen MR) is 84.5 cm³/mol. The molecule has 0 aromatic rings. The second kappa shape index (κ2) is 10.8. The van der Waals surface area contributed by atoms with Crippen LogP contribution in [0.1, 0.15) is 51.4 Å². The van der Waals surface area contributed by atoms with E-state index < -0.39 is 33.2 Å². The maximum atomic E-state index is 13.1. The Morgan fingerprint density at radius 3 is 1.38 bits per heavy atom. The topological polar surface area (TPSA) is 27.7 Å². The number of alkyl halides is 7. The number of rotatable bonds is 14. The highest BCUT2D eigenvalue weighted by atomic mass is 28.4. The SMILES string of the molecule is CO[Si](CCCCCCCCCC(F)(F)C(F)(F)C(F)(F)F)(OC)OC. The minimum atomic E-state index is -6.25. The summed E-state index contributed by atoms with van der Waals surface area (Å²) in [5, 5.41) is 0. The molecule has 0 amide bonds. The lowest BCUT2D eigenvalue weighted by molar-refractivity contribution is -0.355. The van der Waals surface area contributed by atoms with Gasteiger partial charge in [0.1, 0.15) is 0 Å². The number of halogens is 7. The van der Waals surface area contributed by atoms with Gasteiger partial charge < -0.3 is 13.3 Å². The normalized spacial score (nSPS) is 14.1. The fraction of sp³-hybridized carbons (Fsp3) is 1.00. The highest BCUT2D eigenvalue weighted by Crippen LogP contribution is 2.48. The summed E-state index contributed by atoms with van der Waals surface area (Å²) >= 11 is 0. The molecule has 0 saturated heterocycles. The maximum absolute atomic E-state index is 13.1. The molecular weight excluding hydrogens is 389 g/mol. The summed E-state index contributed by atoms with van der Waals surface area (Å²) in [6, 6.07) is 0.634. The Labute approximate surface area is 150 Å². The van der Waals surface area contributed by atoms with Crippen LogP contribution in [-0.4, -0.2) is 48.2 Å². The lowest BCUT2D eigenvalue weighted by atomic mass is 10.0. The van der Waals surface area contributed by atoms with Crippen molar-refractivity contribution in [2.24, 2.45) is 0 Å². The first-order valence-electron chi connectivity index (χ1n) is 8.37. The van der Waals surface area contributed by atoms with Crippen molar-refractivity contribution < 1.29 is 44.0 Å². The standard InChI is InChI=1S/C15H27F7O3Si/c1-23-26(24-2,25-3)12-10-8-6-4-5-7-9-11-13(16,17)14(18,19)15(20,21)22/h4-12H2,1-3H3. The molecule has 0 aliphatic rings. The molecule has 0 bridgehead atoms. The second-order valence-electron chi connectivity index (χ2n) is 6.05. The smallest absolute Gasteiger partial charge is 0.377 e. The van der Waals surface area contributed by atoms with E-state index in [1.807, 2.05) is 0 Å². The van der Waals surface area contributed by atoms with Crippen LogP contribution in [-0.2, 0) is 13.3 Å². The van der Waals surface area contributed by atoms with E-state index in [9.17, 15) is 30.7 Å². The Morgan fingerprint density at radius 2 is 1.00 bits per heavy atom. The Bertz CT molecular complexity index is 380. The van der Waals surface area contributed by atoms with Crippen LogP contribution in [0.3, 0.4) is 0 Å². The number of hydrogen-bond acceptors (Lipinski definition) is 3. The molecule has 0 aliphatic carbocycles. The molecule has 0 spiro atoms. The van der Waals surface area contributed by atoms with Crippen molar-refractivity contribution in [3.05, 3.63) is 0 Å². The van der Waals surface area contributed by atoms with E-state index in [4.69, 9.17) is 13.3 Å². The monoisotopic (exact) mass is 416 g/mol. The van der Waals surface area contributed by atoms with Gasteiger partial charge >= 0.3 is 26.8 Å². The van der Waals surface area contributed by atoms with Crippen molar-refractivity contribution in [2.45, 2.75) is 75.4 Å². The molecule has 0 unspecified atom stereocenters. The Morgan fingerprint density at radius 1 is 0.615 bits per heavy atom. The minimum Gasteiger partial charge on any atom is -0.377 e. The third-order valence-corrected chi connectivity index (χ3v) is 7.05. The molecule has 0 N–H and O–H groups in total. The van der Waals surface area contributed by atoms with Crippen LogP contribution in [0, 0.1) is 0 Å². The highest BCUT2D eigenvalue weighted by molar-refractivity contribution is 6.60. The molecule has 3 nitrogen and oxygen atoms in total. The fourth-order valence-electron chi connectivity index (χ4n) is 2.49. The maximum Gasteiger partial charge on any atom is 0.500 e. The predicted octanol–water partition coefficient (Wildman–Crippen LogP) is 5.82. The van der Waals surface area contributed by atoms with E-state index in [2.05, 4.69) is 0 Å². The minimum absolute atomic E-state index is 0.177. The van der Waals surface area contributed by atoms with Gasteiger partial charge in [-0.05, 0) is 12.8 Å². The summed E-state index contributed by atoms with van der Waals surface area (Å²) in [7, 11) is 1.93. The van der Waals surface area contributed by atoms with Crippen LogP contribution in [0.4, 0.5) is 30.7 Å². The molecule has 26 heavy (non-hydrogen) atoms. The zero-order valence-electron chi connectivity index (χ0n) is 15.2. The molecule has 158 valence electrons. The van der Waals surface area contributed by atoms with Crippen molar-refractivity contribution >= 4 is 8.80 Å². The zero-order valence-corrected chi connectivity index (χ0v) is 16.2. The lowest BCUT2D eigenvalue weighted by Gasteiger charge is -2.28. The van der Waals surface area contributed by atoms with Crippen molar-refractivity contribution in [1.82, 2.24) is 0 Å². The first-order chi connectivity index (χ1) is 11.9. The summed E-state index contributed by atoms with van der Waals surface area (Å²) in [6.45, 7) is 0. The average molecular weight is 416 g/mol. The van der Waals surface area contributed by atoms with Gasteiger partial charge in [0.05, 0.1) is 0 Å². The van der Waals surface area contributed by atoms with Crippen LogP contribution >= 0.6 is 0 Å². The third-order valence-electron chi connectivity index (χ3n) is 4.22. The van der Waals surface area contributed by atoms with E-state index in [1.54, 1.807) is 0 Å². The Balaban J connectivity index is 3.92. The van der Waals surface area contributed by atoms with Crippen LogP contribution < -0.4 is 0 Å². The van der Waals surface area contributed by atoms with Gasteiger partial charge in [-0.2, -0.15) is 30.7 Å². The van der Waals surface area contributed by atoms with Gasteiger partial charge in [0.25, 0.3) is 0 Å². The Kier molecular flexibility index (Phi) is 10.7. The molecule has 0 saturated carbocycles. The summed E-state index contributed by atoms with van der Waals surface area (Å²) in [5.41, 5.74) is 0. The Hall–Kier alpha value is -0.393. The first-order valence-corrected chi connectivity index (χ1v) is 10.3. The van der Waals surface area contributed by atoms with Crippen LogP contribution in [0.2, 0.25) is 6.04 Å². The molecule has 0 atom stereocenters. The van der Waals surface area contributed by atoms with E-state index in [0.29, 0.717) is 18.9 Å². The summed E-state index contributed by atoms with van der Waals surface area (Å²) in [6.07, 6.45) is -4.35. The van der Waals surface area contributed by atoms with Crippen molar-refractivity contribution in [2.75, 3.05) is 21.3 Å². The largest absolute Gasteiger partial charge is 0.500 e. The van der Waals surface area contributed by atoms with E-state index in [0.717, 1.165) is 19.3 Å². The molecule has 0 aliphatic heterocycles. The van der Waals surface area contributed by atoms with Crippen LogP contribution in [0.25, 0.3) is 0 Å². The van der Waals surface area contributed by atoms with Crippen molar-refractivity contribution in [1.29, 1.82) is 0 Å². The zero-order chi connectivity index (χ0) is 20.5. The summed E-state index contributed by atoms with van der Waals surface area (Å²) in [4.78, 5) is 0. The van der Waals surface area contributed by atoms with E-state index >= 15 is 0 Å². The van der Waals surface area contributed by atoms with Crippen LogP contribution in [0.15, 0.2) is 0 Å². The van der Waals surface area contributed by atoms with Gasteiger partial charge in [-0.15, -0.1) is 0 Å². The summed E-state index contributed by atoms with van der Waals surface area (Å²) < 4.78 is 103.